The van der Waals surface area contributed by atoms with E-state index >= 15 is 0 Å². The zero-order valence-corrected chi connectivity index (χ0v) is 12.6. The van der Waals surface area contributed by atoms with Gasteiger partial charge in [-0.2, -0.15) is 0 Å². The molecule has 0 aliphatic rings. The van der Waals surface area contributed by atoms with Crippen molar-refractivity contribution in [1.82, 2.24) is 0 Å². The highest BCUT2D eigenvalue weighted by Gasteiger charge is 2.10. The zero-order valence-electron chi connectivity index (χ0n) is 11.2. The Labute approximate surface area is 107 Å². The summed E-state index contributed by atoms with van der Waals surface area (Å²) in [6.45, 7) is 5.76. The lowest BCUT2D eigenvalue weighted by atomic mass is 10.0. The van der Waals surface area contributed by atoms with Crippen molar-refractivity contribution >= 4 is 15.7 Å². The van der Waals surface area contributed by atoms with Gasteiger partial charge < -0.3 is 9.53 Å². The van der Waals surface area contributed by atoms with Crippen LogP contribution in [0.15, 0.2) is 12.2 Å². The molecule has 4 heteroatoms. The van der Waals surface area contributed by atoms with Gasteiger partial charge in [0.1, 0.15) is 0 Å². The molecule has 0 aliphatic heterocycles. The summed E-state index contributed by atoms with van der Waals surface area (Å²) in [6.07, 6.45) is 7.68. The molecule has 0 fully saturated rings. The molecule has 0 amide bonds. The quantitative estimate of drug-likeness (QED) is 0.352. The molecule has 0 radical (unpaired) electrons. The smallest absolute Gasteiger partial charge is 0.330 e. The molecule has 0 aliphatic carbocycles. The molecule has 3 nitrogen and oxygen atoms in total. The average molecular weight is 258 g/mol. The standard InChI is InChI=1S/C13H26O3Si/c1-4-5-6-9-12(17-16-3)10-7-8-11(2)13(14)15/h12H,2,4-10,17H2,1,3H3,(H,14,15). The van der Waals surface area contributed by atoms with Crippen LogP contribution in [-0.2, 0) is 9.22 Å². The summed E-state index contributed by atoms with van der Waals surface area (Å²) >= 11 is 0. The van der Waals surface area contributed by atoms with Crippen LogP contribution >= 0.6 is 0 Å². The molecule has 0 bridgehead atoms. The number of hydrogen-bond acceptors (Lipinski definition) is 2. The lowest BCUT2D eigenvalue weighted by Gasteiger charge is -2.14. The summed E-state index contributed by atoms with van der Waals surface area (Å²) in [5, 5.41) is 8.71. The van der Waals surface area contributed by atoms with Crippen molar-refractivity contribution in [3.05, 3.63) is 12.2 Å². The third kappa shape index (κ3) is 9.12. The molecule has 0 spiro atoms. The first-order valence-electron chi connectivity index (χ1n) is 6.51. The molecular formula is C13H26O3Si. The van der Waals surface area contributed by atoms with E-state index in [0.29, 0.717) is 17.5 Å². The molecule has 0 saturated heterocycles. The fraction of sp³-hybridized carbons (Fsp3) is 0.769. The molecule has 100 valence electrons. The van der Waals surface area contributed by atoms with Gasteiger partial charge >= 0.3 is 5.97 Å². The van der Waals surface area contributed by atoms with Crippen LogP contribution in [0.25, 0.3) is 0 Å². The van der Waals surface area contributed by atoms with E-state index in [1.165, 1.54) is 25.7 Å². The molecular weight excluding hydrogens is 232 g/mol. The van der Waals surface area contributed by atoms with Crippen molar-refractivity contribution in [1.29, 1.82) is 0 Å². The van der Waals surface area contributed by atoms with E-state index in [4.69, 9.17) is 9.53 Å². The summed E-state index contributed by atoms with van der Waals surface area (Å²) in [5.41, 5.74) is 1.03. The third-order valence-electron chi connectivity index (χ3n) is 3.01. The predicted molar refractivity (Wildman–Crippen MR) is 74.1 cm³/mol. The monoisotopic (exact) mass is 258 g/mol. The number of carboxylic acid groups (broad SMARTS) is 1. The Balaban J connectivity index is 3.75. The van der Waals surface area contributed by atoms with Gasteiger partial charge in [-0.1, -0.05) is 45.6 Å². The van der Waals surface area contributed by atoms with E-state index < -0.39 is 15.7 Å². The molecule has 0 heterocycles. The summed E-state index contributed by atoms with van der Waals surface area (Å²) < 4.78 is 5.34. The first kappa shape index (κ1) is 16.4. The summed E-state index contributed by atoms with van der Waals surface area (Å²) in [5.74, 6) is -0.864. The predicted octanol–water partition coefficient (Wildman–Crippen LogP) is 2.90. The van der Waals surface area contributed by atoms with Gasteiger partial charge in [-0.3, -0.25) is 0 Å². The van der Waals surface area contributed by atoms with Crippen molar-refractivity contribution < 1.29 is 14.3 Å². The normalized spacial score (nSPS) is 13.1. The maximum absolute atomic E-state index is 10.6. The van der Waals surface area contributed by atoms with Crippen LogP contribution < -0.4 is 0 Å². The van der Waals surface area contributed by atoms with Crippen LogP contribution in [0.1, 0.15) is 51.9 Å². The molecule has 1 unspecified atom stereocenters. The summed E-state index contributed by atoms with van der Waals surface area (Å²) in [7, 11) is 1.35. The van der Waals surface area contributed by atoms with E-state index in [2.05, 4.69) is 13.5 Å². The topological polar surface area (TPSA) is 46.5 Å². The van der Waals surface area contributed by atoms with Gasteiger partial charge in [-0.15, -0.1) is 0 Å². The van der Waals surface area contributed by atoms with Gasteiger partial charge in [-0.05, 0) is 18.4 Å². The van der Waals surface area contributed by atoms with E-state index in [-0.39, 0.29) is 0 Å². The molecule has 0 rings (SSSR count). The van der Waals surface area contributed by atoms with E-state index in [0.717, 1.165) is 12.8 Å². The highest BCUT2D eigenvalue weighted by molar-refractivity contribution is 6.29. The fourth-order valence-corrected chi connectivity index (χ4v) is 3.32. The SMILES string of the molecule is C=C(CCCC(CCCCC)[SiH2]OC)C(=O)O. The second-order valence-electron chi connectivity index (χ2n) is 4.62. The number of unbranched alkanes of at least 4 members (excludes halogenated alkanes) is 2. The maximum Gasteiger partial charge on any atom is 0.330 e. The largest absolute Gasteiger partial charge is 0.478 e. The van der Waals surface area contributed by atoms with Crippen LogP contribution in [-0.4, -0.2) is 27.9 Å². The fourth-order valence-electron chi connectivity index (χ4n) is 1.94. The molecule has 0 aromatic carbocycles. The van der Waals surface area contributed by atoms with Crippen molar-refractivity contribution in [3.63, 3.8) is 0 Å². The van der Waals surface area contributed by atoms with E-state index in [1.807, 2.05) is 0 Å². The van der Waals surface area contributed by atoms with Gasteiger partial charge in [0.05, 0.1) is 0 Å². The second kappa shape index (κ2) is 10.5. The van der Waals surface area contributed by atoms with Gasteiger partial charge in [0.25, 0.3) is 0 Å². The Hall–Kier alpha value is -0.613. The molecule has 1 atom stereocenters. The van der Waals surface area contributed by atoms with Gasteiger partial charge in [0.15, 0.2) is 9.76 Å². The number of hydrogen-bond donors (Lipinski definition) is 1. The first-order chi connectivity index (χ1) is 8.11. The first-order valence-corrected chi connectivity index (χ1v) is 7.91. The van der Waals surface area contributed by atoms with Crippen LogP contribution in [0, 0.1) is 0 Å². The minimum absolute atomic E-state index is 0.330. The Morgan fingerprint density at radius 2 is 2.00 bits per heavy atom. The van der Waals surface area contributed by atoms with Crippen LogP contribution in [0.3, 0.4) is 0 Å². The van der Waals surface area contributed by atoms with Crippen molar-refractivity contribution in [2.24, 2.45) is 0 Å². The van der Waals surface area contributed by atoms with Crippen molar-refractivity contribution in [3.8, 4) is 0 Å². The zero-order chi connectivity index (χ0) is 13.1. The van der Waals surface area contributed by atoms with Crippen molar-refractivity contribution in [2.75, 3.05) is 7.11 Å². The molecule has 1 N–H and O–H groups in total. The Morgan fingerprint density at radius 1 is 1.35 bits per heavy atom. The number of carbonyl (C=O) groups is 1. The highest BCUT2D eigenvalue weighted by Crippen LogP contribution is 2.22. The minimum atomic E-state index is -0.864. The number of rotatable bonds is 11. The lowest BCUT2D eigenvalue weighted by Crippen LogP contribution is -2.07. The summed E-state index contributed by atoms with van der Waals surface area (Å²) in [4.78, 5) is 10.6. The van der Waals surface area contributed by atoms with Gasteiger partial charge in [0, 0.05) is 12.7 Å². The van der Waals surface area contributed by atoms with Crippen molar-refractivity contribution in [2.45, 2.75) is 57.4 Å². The van der Waals surface area contributed by atoms with Gasteiger partial charge in [0.2, 0.25) is 0 Å². The molecule has 0 aromatic rings. The van der Waals surface area contributed by atoms with Crippen LogP contribution in [0.5, 0.6) is 0 Å². The van der Waals surface area contributed by atoms with Crippen LogP contribution in [0.2, 0.25) is 5.54 Å². The van der Waals surface area contributed by atoms with E-state index in [1.54, 1.807) is 7.11 Å². The Bertz CT molecular complexity index is 229. The van der Waals surface area contributed by atoms with Crippen LogP contribution in [0.4, 0.5) is 0 Å². The Kier molecular flexibility index (Phi) is 10.2. The minimum Gasteiger partial charge on any atom is -0.478 e. The number of carboxylic acids is 1. The average Bonchev–Trinajstić information content (AvgIpc) is 2.29. The second-order valence-corrected chi connectivity index (χ2v) is 6.68. The lowest BCUT2D eigenvalue weighted by molar-refractivity contribution is -0.132. The van der Waals surface area contributed by atoms with E-state index in [9.17, 15) is 4.79 Å². The number of aliphatic carboxylic acids is 1. The third-order valence-corrected chi connectivity index (χ3v) is 4.63. The molecule has 0 aromatic heterocycles. The molecule has 17 heavy (non-hydrogen) atoms. The summed E-state index contributed by atoms with van der Waals surface area (Å²) in [6, 6.07) is 0. The maximum atomic E-state index is 10.6. The van der Waals surface area contributed by atoms with Gasteiger partial charge in [-0.25, -0.2) is 4.79 Å². The highest BCUT2D eigenvalue weighted by atomic mass is 28.2. The molecule has 0 saturated carbocycles. The Morgan fingerprint density at radius 3 is 2.53 bits per heavy atom.